The minimum absolute atomic E-state index is 0.526. The highest BCUT2D eigenvalue weighted by atomic mass is 31.1. The van der Waals surface area contributed by atoms with Crippen LogP contribution >= 0.6 is 7.92 Å². The van der Waals surface area contributed by atoms with Gasteiger partial charge in [0, 0.05) is 30.2 Å². The van der Waals surface area contributed by atoms with E-state index < -0.39 is 7.92 Å². The molecule has 0 atom stereocenters. The highest BCUT2D eigenvalue weighted by Gasteiger charge is 2.38. The molecule has 0 aromatic heterocycles. The lowest BCUT2D eigenvalue weighted by molar-refractivity contribution is 0.185. The number of nitrogens with zero attached hydrogens (tertiary/aromatic N) is 1. The lowest BCUT2D eigenvalue weighted by Gasteiger charge is -2.36. The van der Waals surface area contributed by atoms with E-state index in [1.807, 2.05) is 0 Å². The molecule has 2 aromatic carbocycles. The fourth-order valence-corrected chi connectivity index (χ4v) is 6.00. The van der Waals surface area contributed by atoms with Gasteiger partial charge in [-0.25, -0.2) is 0 Å². The summed E-state index contributed by atoms with van der Waals surface area (Å²) in [6, 6.07) is 23.0. The van der Waals surface area contributed by atoms with E-state index in [9.17, 15) is 0 Å². The second kappa shape index (κ2) is 9.16. The van der Waals surface area contributed by atoms with Crippen LogP contribution in [0, 0.1) is 30.8 Å². The minimum Gasteiger partial charge on any atom is -0.298 e. The van der Waals surface area contributed by atoms with Gasteiger partial charge in [-0.05, 0) is 65.5 Å². The first-order valence-electron chi connectivity index (χ1n) is 9.48. The summed E-state index contributed by atoms with van der Waals surface area (Å²) < 4.78 is 0. The molecule has 1 nitrogen and oxygen atoms in total. The average Bonchev–Trinajstić information content (AvgIpc) is 3.09. The van der Waals surface area contributed by atoms with Crippen molar-refractivity contribution in [2.45, 2.75) is 39.8 Å². The Bertz CT molecular complexity index is 605. The molecule has 1 aliphatic rings. The zero-order valence-corrected chi connectivity index (χ0v) is 17.2. The third-order valence-corrected chi connectivity index (χ3v) is 7.38. The molecule has 1 fully saturated rings. The van der Waals surface area contributed by atoms with Gasteiger partial charge in [-0.2, -0.15) is 0 Å². The van der Waals surface area contributed by atoms with Crippen LogP contribution in [0.2, 0.25) is 0 Å². The van der Waals surface area contributed by atoms with Gasteiger partial charge < -0.3 is 0 Å². The Kier molecular flexibility index (Phi) is 6.90. The molecule has 0 heterocycles. The number of benzene rings is 2. The third kappa shape index (κ3) is 4.56. The molecule has 0 bridgehead atoms. The molecule has 26 heavy (non-hydrogen) atoms. The van der Waals surface area contributed by atoms with E-state index in [2.05, 4.69) is 113 Å². The first kappa shape index (κ1) is 19.6. The van der Waals surface area contributed by atoms with Gasteiger partial charge >= 0.3 is 0 Å². The van der Waals surface area contributed by atoms with Gasteiger partial charge in [-0.1, -0.05) is 60.7 Å². The second-order valence-corrected chi connectivity index (χ2v) is 9.49. The summed E-state index contributed by atoms with van der Waals surface area (Å²) in [6.07, 6.45) is 6.87. The molecule has 3 rings (SSSR count). The summed E-state index contributed by atoms with van der Waals surface area (Å²) in [6.45, 7) is 10.2. The van der Waals surface area contributed by atoms with Crippen LogP contribution < -0.4 is 10.6 Å². The Morgan fingerprint density at radius 1 is 0.731 bits per heavy atom. The van der Waals surface area contributed by atoms with Crippen molar-refractivity contribution in [3.05, 3.63) is 91.5 Å². The third-order valence-electron chi connectivity index (χ3n) is 4.83. The van der Waals surface area contributed by atoms with Crippen molar-refractivity contribution in [2.24, 2.45) is 0 Å². The van der Waals surface area contributed by atoms with E-state index in [-0.39, 0.29) is 0 Å². The van der Waals surface area contributed by atoms with Crippen molar-refractivity contribution in [3.8, 4) is 0 Å². The highest BCUT2D eigenvalue weighted by Crippen LogP contribution is 2.56. The van der Waals surface area contributed by atoms with E-state index in [4.69, 9.17) is 0 Å². The Hall–Kier alpha value is -1.17. The van der Waals surface area contributed by atoms with Crippen molar-refractivity contribution in [3.63, 3.8) is 0 Å². The van der Waals surface area contributed by atoms with Crippen molar-refractivity contribution in [1.29, 1.82) is 0 Å². The lowest BCUT2D eigenvalue weighted by Crippen LogP contribution is -2.40. The second-order valence-electron chi connectivity index (χ2n) is 7.30. The van der Waals surface area contributed by atoms with Crippen molar-refractivity contribution >= 4 is 18.5 Å². The molecule has 1 aliphatic carbocycles. The van der Waals surface area contributed by atoms with Crippen molar-refractivity contribution < 1.29 is 0 Å². The number of rotatable bonds is 7. The maximum atomic E-state index is 2.57. The monoisotopic (exact) mass is 362 g/mol. The summed E-state index contributed by atoms with van der Waals surface area (Å²) in [5.41, 5.74) is 1.49. The summed E-state index contributed by atoms with van der Waals surface area (Å²) >= 11 is 0. The molecule has 0 N–H and O–H groups in total. The molecule has 0 saturated heterocycles. The fraction of sp³-hybridized carbons (Fsp3) is 0.292. The van der Waals surface area contributed by atoms with Gasteiger partial charge in [0.2, 0.25) is 0 Å². The standard InChI is InChI=1S/C24H29NP/c1-19(2)25(20(3)4)18-21-12-11-17-24(21)26(22-13-7-5-8-14-22)23-15-9-6-10-16-23/h5-17,19-20H,18H2,1-4H3. The molecule has 0 aliphatic heterocycles. The van der Waals surface area contributed by atoms with Gasteiger partial charge in [-0.3, -0.25) is 4.90 Å². The van der Waals surface area contributed by atoms with E-state index in [0.717, 1.165) is 6.54 Å². The van der Waals surface area contributed by atoms with E-state index >= 15 is 0 Å². The smallest absolute Gasteiger partial charge is 0.0208 e. The van der Waals surface area contributed by atoms with E-state index in [0.29, 0.717) is 12.1 Å². The van der Waals surface area contributed by atoms with Crippen LogP contribution in [-0.2, 0) is 0 Å². The molecule has 2 heteroatoms. The summed E-state index contributed by atoms with van der Waals surface area (Å²) in [5, 5.41) is 2.84. The highest BCUT2D eigenvalue weighted by molar-refractivity contribution is 7.76. The molecule has 1 saturated carbocycles. The van der Waals surface area contributed by atoms with Crippen LogP contribution in [0.1, 0.15) is 27.7 Å². The Morgan fingerprint density at radius 2 is 1.23 bits per heavy atom. The molecule has 2 aromatic rings. The number of hydrogen-bond donors (Lipinski definition) is 0. The average molecular weight is 362 g/mol. The summed E-state index contributed by atoms with van der Waals surface area (Å²) in [5.74, 6) is 1.46. The maximum absolute atomic E-state index is 2.57. The van der Waals surface area contributed by atoms with Gasteiger partial charge in [-0.15, -0.1) is 0 Å². The van der Waals surface area contributed by atoms with Crippen molar-refractivity contribution in [2.75, 3.05) is 6.54 Å². The maximum Gasteiger partial charge on any atom is 0.0208 e. The van der Waals surface area contributed by atoms with Crippen LogP contribution in [0.3, 0.4) is 0 Å². The normalized spacial score (nSPS) is 16.5. The Balaban J connectivity index is 1.90. The zero-order chi connectivity index (χ0) is 18.5. The Morgan fingerprint density at radius 3 is 1.69 bits per heavy atom. The molecule has 0 unspecified atom stereocenters. The van der Waals surface area contributed by atoms with E-state index in [1.165, 1.54) is 22.2 Å². The predicted octanol–water partition coefficient (Wildman–Crippen LogP) is 4.97. The summed E-state index contributed by atoms with van der Waals surface area (Å²) in [7, 11) is -0.526. The Labute approximate surface area is 161 Å². The number of hydrogen-bond acceptors (Lipinski definition) is 1. The predicted molar refractivity (Wildman–Crippen MR) is 115 cm³/mol. The first-order chi connectivity index (χ1) is 12.6. The summed E-state index contributed by atoms with van der Waals surface area (Å²) in [4.78, 5) is 2.57. The molecule has 135 valence electrons. The molecule has 0 amide bonds. The van der Waals surface area contributed by atoms with Gasteiger partial charge in [0.25, 0.3) is 0 Å². The first-order valence-corrected chi connectivity index (χ1v) is 10.8. The van der Waals surface area contributed by atoms with Crippen LogP contribution in [0.4, 0.5) is 0 Å². The van der Waals surface area contributed by atoms with Gasteiger partial charge in [0.05, 0.1) is 0 Å². The molecule has 0 spiro atoms. The molecule has 5 radical (unpaired) electrons. The van der Waals surface area contributed by atoms with Gasteiger partial charge in [0.1, 0.15) is 0 Å². The quantitative estimate of drug-likeness (QED) is 0.629. The van der Waals surface area contributed by atoms with Crippen molar-refractivity contribution in [1.82, 2.24) is 4.90 Å². The van der Waals surface area contributed by atoms with Crippen LogP contribution in [0.25, 0.3) is 0 Å². The van der Waals surface area contributed by atoms with Crippen LogP contribution in [0.5, 0.6) is 0 Å². The SMILES string of the molecule is CC(C)N(C[C]1[CH][CH][CH][C]1P(c1ccccc1)c1ccccc1)C(C)C. The van der Waals surface area contributed by atoms with Gasteiger partial charge in [0.15, 0.2) is 0 Å². The van der Waals surface area contributed by atoms with E-state index in [1.54, 1.807) is 0 Å². The molecular weight excluding hydrogens is 333 g/mol. The largest absolute Gasteiger partial charge is 0.298 e. The minimum atomic E-state index is -0.526. The lowest BCUT2D eigenvalue weighted by atomic mass is 10.1. The fourth-order valence-electron chi connectivity index (χ4n) is 3.54. The topological polar surface area (TPSA) is 3.24 Å². The zero-order valence-electron chi connectivity index (χ0n) is 16.3. The van der Waals surface area contributed by atoms with Crippen LogP contribution in [-0.4, -0.2) is 23.5 Å². The van der Waals surface area contributed by atoms with Crippen LogP contribution in [0.15, 0.2) is 60.7 Å². The molecular formula is C24H29NP.